The molecule has 6 heteroatoms. The van der Waals surface area contributed by atoms with Crippen LogP contribution in [-0.4, -0.2) is 18.0 Å². The maximum absolute atomic E-state index is 11.2. The van der Waals surface area contributed by atoms with Crippen molar-refractivity contribution < 1.29 is 9.53 Å². The predicted octanol–water partition coefficient (Wildman–Crippen LogP) is 2.24. The minimum Gasteiger partial charge on any atom is -0.495 e. The number of hydrogen-bond donors (Lipinski definition) is 2. The zero-order valence-corrected chi connectivity index (χ0v) is 11.6. The summed E-state index contributed by atoms with van der Waals surface area (Å²) < 4.78 is 5.21. The van der Waals surface area contributed by atoms with E-state index in [0.29, 0.717) is 18.0 Å². The maximum Gasteiger partial charge on any atom is 0.221 e. The van der Waals surface area contributed by atoms with Crippen LogP contribution in [0, 0.1) is 0 Å². The van der Waals surface area contributed by atoms with E-state index >= 15 is 0 Å². The fourth-order valence-electron chi connectivity index (χ4n) is 1.66. The molecule has 3 N–H and O–H groups in total. The third kappa shape index (κ3) is 3.10. The molecule has 0 unspecified atom stereocenters. The van der Waals surface area contributed by atoms with Gasteiger partial charge in [-0.05, 0) is 18.2 Å². The lowest BCUT2D eigenvalue weighted by molar-refractivity contribution is -0.114. The lowest BCUT2D eigenvalue weighted by atomic mass is 10.2. The van der Waals surface area contributed by atoms with Crippen molar-refractivity contribution in [3.63, 3.8) is 0 Å². The highest BCUT2D eigenvalue weighted by molar-refractivity contribution is 7.13. The van der Waals surface area contributed by atoms with Crippen molar-refractivity contribution in [1.82, 2.24) is 4.98 Å². The number of rotatable bonds is 4. The van der Waals surface area contributed by atoms with Gasteiger partial charge in [0.1, 0.15) is 10.8 Å². The number of nitrogens with zero attached hydrogens (tertiary/aromatic N) is 1. The zero-order valence-electron chi connectivity index (χ0n) is 10.8. The van der Waals surface area contributed by atoms with Gasteiger partial charge in [-0.1, -0.05) is 0 Å². The largest absolute Gasteiger partial charge is 0.495 e. The number of anilines is 1. The monoisotopic (exact) mass is 277 g/mol. The van der Waals surface area contributed by atoms with Gasteiger partial charge < -0.3 is 15.8 Å². The van der Waals surface area contributed by atoms with E-state index in [0.717, 1.165) is 16.3 Å². The van der Waals surface area contributed by atoms with Crippen molar-refractivity contribution in [3.8, 4) is 16.3 Å². The molecular formula is C13H15N3O2S. The fraction of sp³-hybridized carbons (Fsp3) is 0.231. The Hall–Kier alpha value is -1.92. The van der Waals surface area contributed by atoms with Crippen molar-refractivity contribution in [3.05, 3.63) is 29.3 Å². The number of benzene rings is 1. The number of amides is 1. The highest BCUT2D eigenvalue weighted by Crippen LogP contribution is 2.32. The Balaban J connectivity index is 2.38. The van der Waals surface area contributed by atoms with Crippen LogP contribution in [0.1, 0.15) is 12.6 Å². The molecular weight excluding hydrogens is 262 g/mol. The number of hydrogen-bond acceptors (Lipinski definition) is 5. The van der Waals surface area contributed by atoms with Gasteiger partial charge in [0.2, 0.25) is 5.91 Å². The van der Waals surface area contributed by atoms with Gasteiger partial charge in [0, 0.05) is 24.4 Å². The summed E-state index contributed by atoms with van der Waals surface area (Å²) in [4.78, 5) is 15.6. The van der Waals surface area contributed by atoms with Gasteiger partial charge in [0.25, 0.3) is 0 Å². The average Bonchev–Trinajstić information content (AvgIpc) is 2.86. The number of carbonyl (C=O) groups excluding carboxylic acids is 1. The standard InChI is InChI=1S/C13H15N3O2S/c1-8(17)15-11-5-9(3-4-12(11)18-2)13-16-10(6-14)7-19-13/h3-5,7H,6,14H2,1-2H3,(H,15,17). The molecule has 0 aliphatic heterocycles. The summed E-state index contributed by atoms with van der Waals surface area (Å²) >= 11 is 1.52. The number of methoxy groups -OCH3 is 1. The van der Waals surface area contributed by atoms with Crippen molar-refractivity contribution in [2.75, 3.05) is 12.4 Å². The lowest BCUT2D eigenvalue weighted by Crippen LogP contribution is -2.07. The van der Waals surface area contributed by atoms with E-state index in [1.54, 1.807) is 7.11 Å². The average molecular weight is 277 g/mol. The van der Waals surface area contributed by atoms with Crippen LogP contribution in [0.3, 0.4) is 0 Å². The van der Waals surface area contributed by atoms with Gasteiger partial charge in [0.05, 0.1) is 18.5 Å². The topological polar surface area (TPSA) is 77.2 Å². The molecule has 19 heavy (non-hydrogen) atoms. The first kappa shape index (κ1) is 13.5. The highest BCUT2D eigenvalue weighted by atomic mass is 32.1. The Morgan fingerprint density at radius 3 is 2.89 bits per heavy atom. The van der Waals surface area contributed by atoms with Gasteiger partial charge >= 0.3 is 0 Å². The number of ether oxygens (including phenoxy) is 1. The minimum atomic E-state index is -0.141. The lowest BCUT2D eigenvalue weighted by Gasteiger charge is -2.10. The molecule has 1 amide bonds. The predicted molar refractivity (Wildman–Crippen MR) is 76.3 cm³/mol. The van der Waals surface area contributed by atoms with Gasteiger partial charge in [-0.15, -0.1) is 11.3 Å². The van der Waals surface area contributed by atoms with Crippen molar-refractivity contribution >= 4 is 22.9 Å². The molecule has 0 atom stereocenters. The van der Waals surface area contributed by atoms with Crippen molar-refractivity contribution in [2.45, 2.75) is 13.5 Å². The first-order valence-electron chi connectivity index (χ1n) is 5.74. The maximum atomic E-state index is 11.2. The molecule has 1 aromatic heterocycles. The van der Waals surface area contributed by atoms with E-state index in [4.69, 9.17) is 10.5 Å². The third-order valence-corrected chi connectivity index (χ3v) is 3.46. The van der Waals surface area contributed by atoms with Crippen LogP contribution in [0.15, 0.2) is 23.6 Å². The Bertz CT molecular complexity index is 595. The molecule has 100 valence electrons. The molecule has 0 fully saturated rings. The summed E-state index contributed by atoms with van der Waals surface area (Å²) in [5.74, 6) is 0.479. The molecule has 0 aliphatic carbocycles. The van der Waals surface area contributed by atoms with Crippen LogP contribution in [0.25, 0.3) is 10.6 Å². The van der Waals surface area contributed by atoms with E-state index in [-0.39, 0.29) is 5.91 Å². The first-order chi connectivity index (χ1) is 9.13. The van der Waals surface area contributed by atoms with E-state index in [2.05, 4.69) is 10.3 Å². The normalized spacial score (nSPS) is 10.3. The van der Waals surface area contributed by atoms with Gasteiger partial charge in [-0.2, -0.15) is 0 Å². The Kier molecular flexibility index (Phi) is 4.13. The number of carbonyl (C=O) groups is 1. The molecule has 0 radical (unpaired) electrons. The third-order valence-electron chi connectivity index (χ3n) is 2.52. The molecule has 1 aromatic carbocycles. The number of nitrogens with two attached hydrogens (primary N) is 1. The van der Waals surface area contributed by atoms with Crippen LogP contribution in [0.5, 0.6) is 5.75 Å². The van der Waals surface area contributed by atoms with Crippen LogP contribution >= 0.6 is 11.3 Å². The van der Waals surface area contributed by atoms with Crippen LogP contribution < -0.4 is 15.8 Å². The van der Waals surface area contributed by atoms with Gasteiger partial charge in [-0.3, -0.25) is 4.79 Å². The molecule has 0 spiro atoms. The van der Waals surface area contributed by atoms with Crippen LogP contribution in [0.2, 0.25) is 0 Å². The zero-order chi connectivity index (χ0) is 13.8. The highest BCUT2D eigenvalue weighted by Gasteiger charge is 2.09. The summed E-state index contributed by atoms with van der Waals surface area (Å²) in [5.41, 5.74) is 7.97. The molecule has 0 saturated carbocycles. The number of aromatic nitrogens is 1. The van der Waals surface area contributed by atoms with Crippen molar-refractivity contribution in [2.24, 2.45) is 5.73 Å². The molecule has 2 aromatic rings. The summed E-state index contributed by atoms with van der Waals surface area (Å²) in [7, 11) is 1.57. The Morgan fingerprint density at radius 1 is 1.53 bits per heavy atom. The smallest absolute Gasteiger partial charge is 0.221 e. The van der Waals surface area contributed by atoms with E-state index < -0.39 is 0 Å². The van der Waals surface area contributed by atoms with E-state index in [9.17, 15) is 4.79 Å². The summed E-state index contributed by atoms with van der Waals surface area (Å²) in [5, 5.41) is 5.54. The summed E-state index contributed by atoms with van der Waals surface area (Å²) in [6.07, 6.45) is 0. The van der Waals surface area contributed by atoms with E-state index in [1.165, 1.54) is 18.3 Å². The number of nitrogens with one attached hydrogen (secondary N) is 1. The second kappa shape index (κ2) is 5.81. The second-order valence-electron chi connectivity index (χ2n) is 3.94. The quantitative estimate of drug-likeness (QED) is 0.898. The minimum absolute atomic E-state index is 0.141. The Labute approximate surface area is 115 Å². The fourth-order valence-corrected chi connectivity index (χ4v) is 2.49. The van der Waals surface area contributed by atoms with Gasteiger partial charge in [0.15, 0.2) is 0 Å². The van der Waals surface area contributed by atoms with E-state index in [1.807, 2.05) is 23.6 Å². The molecule has 1 heterocycles. The second-order valence-corrected chi connectivity index (χ2v) is 4.80. The van der Waals surface area contributed by atoms with Crippen LogP contribution in [0.4, 0.5) is 5.69 Å². The molecule has 0 saturated heterocycles. The summed E-state index contributed by atoms with van der Waals surface area (Å²) in [6, 6.07) is 5.56. The molecule has 0 bridgehead atoms. The van der Waals surface area contributed by atoms with Crippen molar-refractivity contribution in [1.29, 1.82) is 0 Å². The SMILES string of the molecule is COc1ccc(-c2nc(CN)cs2)cc1NC(C)=O. The summed E-state index contributed by atoms with van der Waals surface area (Å²) in [6.45, 7) is 1.88. The molecule has 2 rings (SSSR count). The Morgan fingerprint density at radius 2 is 2.32 bits per heavy atom. The van der Waals surface area contributed by atoms with Gasteiger partial charge in [-0.25, -0.2) is 4.98 Å². The molecule has 0 aliphatic rings. The number of thiazole rings is 1. The van der Waals surface area contributed by atoms with Crippen LogP contribution in [-0.2, 0) is 11.3 Å². The first-order valence-corrected chi connectivity index (χ1v) is 6.62. The molecule has 5 nitrogen and oxygen atoms in total.